The maximum Gasteiger partial charge on any atom is 0.138 e. The number of hydrogen-bond acceptors (Lipinski definition) is 2. The highest BCUT2D eigenvalue weighted by Gasteiger charge is 2.05. The molecule has 0 aliphatic rings. The number of benzene rings is 1. The molecule has 0 radical (unpaired) electrons. The highest BCUT2D eigenvalue weighted by atomic mass is 35.5. The summed E-state index contributed by atoms with van der Waals surface area (Å²) in [5.41, 5.74) is 0.818. The van der Waals surface area contributed by atoms with Gasteiger partial charge in [0.2, 0.25) is 0 Å². The van der Waals surface area contributed by atoms with Crippen molar-refractivity contribution < 1.29 is 5.11 Å². The molecule has 0 fully saturated rings. The summed E-state index contributed by atoms with van der Waals surface area (Å²) in [4.78, 5) is 0. The van der Waals surface area contributed by atoms with Crippen LogP contribution in [0, 0.1) is 0 Å². The van der Waals surface area contributed by atoms with Crippen LogP contribution < -0.4 is 5.32 Å². The van der Waals surface area contributed by atoms with Crippen LogP contribution in [0.5, 0.6) is 5.75 Å². The second kappa shape index (κ2) is 5.79. The molecule has 0 aliphatic heterocycles. The lowest BCUT2D eigenvalue weighted by Crippen LogP contribution is -2.24. The van der Waals surface area contributed by atoms with Crippen molar-refractivity contribution in [2.24, 2.45) is 0 Å². The lowest BCUT2D eigenvalue weighted by molar-refractivity contribution is 0.459. The number of nitrogens with one attached hydrogen (secondary N) is 1. The molecule has 15 heavy (non-hydrogen) atoms. The van der Waals surface area contributed by atoms with Gasteiger partial charge in [-0.3, -0.25) is 0 Å². The van der Waals surface area contributed by atoms with Gasteiger partial charge in [-0.15, -0.1) is 6.58 Å². The first kappa shape index (κ1) is 12.1. The highest BCUT2D eigenvalue weighted by molar-refractivity contribution is 6.32. The van der Waals surface area contributed by atoms with Gasteiger partial charge in [-0.1, -0.05) is 29.8 Å². The summed E-state index contributed by atoms with van der Waals surface area (Å²) in [7, 11) is 0. The first-order valence-corrected chi connectivity index (χ1v) is 5.33. The largest absolute Gasteiger partial charge is 0.506 e. The minimum Gasteiger partial charge on any atom is -0.506 e. The number of hydrogen-bond donors (Lipinski definition) is 2. The fourth-order valence-electron chi connectivity index (χ4n) is 1.32. The van der Waals surface area contributed by atoms with Crippen LogP contribution in [0.15, 0.2) is 30.9 Å². The van der Waals surface area contributed by atoms with Gasteiger partial charge in [-0.05, 0) is 19.4 Å². The third-order valence-electron chi connectivity index (χ3n) is 2.23. The highest BCUT2D eigenvalue weighted by Crippen LogP contribution is 2.26. The SMILES string of the molecule is C=CCC(C)NCc1cccc(Cl)c1O. The predicted octanol–water partition coefficient (Wildman–Crippen LogP) is 3.10. The zero-order valence-corrected chi connectivity index (χ0v) is 9.59. The molecule has 0 aliphatic carbocycles. The molecule has 1 rings (SSSR count). The van der Waals surface area contributed by atoms with E-state index in [1.807, 2.05) is 18.2 Å². The maximum absolute atomic E-state index is 9.65. The second-order valence-corrected chi connectivity index (χ2v) is 3.96. The summed E-state index contributed by atoms with van der Waals surface area (Å²) in [6.45, 7) is 6.36. The number of halogens is 1. The summed E-state index contributed by atoms with van der Waals surface area (Å²) in [6.07, 6.45) is 2.77. The van der Waals surface area contributed by atoms with Gasteiger partial charge in [-0.2, -0.15) is 0 Å². The third kappa shape index (κ3) is 3.57. The van der Waals surface area contributed by atoms with Gasteiger partial charge >= 0.3 is 0 Å². The predicted molar refractivity (Wildman–Crippen MR) is 64.2 cm³/mol. The molecule has 1 aromatic rings. The molecule has 3 heteroatoms. The van der Waals surface area contributed by atoms with Gasteiger partial charge in [0.25, 0.3) is 0 Å². The van der Waals surface area contributed by atoms with Crippen LogP contribution in [0.4, 0.5) is 0 Å². The molecule has 1 aromatic carbocycles. The molecule has 0 bridgehead atoms. The van der Waals surface area contributed by atoms with E-state index >= 15 is 0 Å². The Morgan fingerprint density at radius 1 is 1.60 bits per heavy atom. The summed E-state index contributed by atoms with van der Waals surface area (Å²) in [5.74, 6) is 0.164. The normalized spacial score (nSPS) is 12.4. The topological polar surface area (TPSA) is 32.3 Å². The van der Waals surface area contributed by atoms with Crippen LogP contribution in [-0.2, 0) is 6.54 Å². The Morgan fingerprint density at radius 3 is 3.00 bits per heavy atom. The van der Waals surface area contributed by atoms with Crippen LogP contribution in [-0.4, -0.2) is 11.1 Å². The minimum absolute atomic E-state index is 0.164. The quantitative estimate of drug-likeness (QED) is 0.755. The van der Waals surface area contributed by atoms with Crippen LogP contribution >= 0.6 is 11.6 Å². The van der Waals surface area contributed by atoms with Crippen molar-refractivity contribution in [3.8, 4) is 5.75 Å². The first-order valence-electron chi connectivity index (χ1n) is 4.95. The smallest absolute Gasteiger partial charge is 0.138 e. The summed E-state index contributed by atoms with van der Waals surface area (Å²) < 4.78 is 0. The Kier molecular flexibility index (Phi) is 4.66. The molecule has 2 N–H and O–H groups in total. The standard InChI is InChI=1S/C12H16ClNO/c1-3-5-9(2)14-8-10-6-4-7-11(13)12(10)15/h3-4,6-7,9,14-15H,1,5,8H2,2H3. The van der Waals surface area contributed by atoms with E-state index in [0.717, 1.165) is 12.0 Å². The van der Waals surface area contributed by atoms with E-state index in [0.29, 0.717) is 17.6 Å². The molecule has 0 saturated heterocycles. The summed E-state index contributed by atoms with van der Waals surface area (Å²) in [6, 6.07) is 5.71. The van der Waals surface area contributed by atoms with E-state index in [-0.39, 0.29) is 5.75 Å². The van der Waals surface area contributed by atoms with Gasteiger partial charge in [0.15, 0.2) is 0 Å². The average Bonchev–Trinajstić information content (AvgIpc) is 2.21. The molecule has 1 unspecified atom stereocenters. The second-order valence-electron chi connectivity index (χ2n) is 3.55. The van der Waals surface area contributed by atoms with Crippen LogP contribution in [0.2, 0.25) is 5.02 Å². The zero-order valence-electron chi connectivity index (χ0n) is 8.83. The van der Waals surface area contributed by atoms with Crippen LogP contribution in [0.25, 0.3) is 0 Å². The van der Waals surface area contributed by atoms with Gasteiger partial charge in [0.05, 0.1) is 5.02 Å². The van der Waals surface area contributed by atoms with Gasteiger partial charge in [0.1, 0.15) is 5.75 Å². The first-order chi connectivity index (χ1) is 7.15. The van der Waals surface area contributed by atoms with E-state index in [2.05, 4.69) is 18.8 Å². The van der Waals surface area contributed by atoms with E-state index in [1.165, 1.54) is 0 Å². The van der Waals surface area contributed by atoms with Crippen molar-refractivity contribution in [3.63, 3.8) is 0 Å². The number of rotatable bonds is 5. The van der Waals surface area contributed by atoms with E-state index in [1.54, 1.807) is 6.07 Å². The molecule has 0 aromatic heterocycles. The van der Waals surface area contributed by atoms with Crippen molar-refractivity contribution in [1.29, 1.82) is 0 Å². The average molecular weight is 226 g/mol. The van der Waals surface area contributed by atoms with Crippen molar-refractivity contribution in [1.82, 2.24) is 5.32 Å². The molecule has 1 atom stereocenters. The van der Waals surface area contributed by atoms with E-state index in [4.69, 9.17) is 11.6 Å². The molecule has 2 nitrogen and oxygen atoms in total. The Morgan fingerprint density at radius 2 is 2.33 bits per heavy atom. The molecule has 82 valence electrons. The molecule has 0 amide bonds. The Bertz CT molecular complexity index is 338. The lowest BCUT2D eigenvalue weighted by atomic mass is 10.1. The molecule has 0 heterocycles. The fourth-order valence-corrected chi connectivity index (χ4v) is 1.51. The number of para-hydroxylation sites is 1. The van der Waals surface area contributed by atoms with Gasteiger partial charge in [-0.25, -0.2) is 0 Å². The van der Waals surface area contributed by atoms with Crippen LogP contribution in [0.3, 0.4) is 0 Å². The molecular weight excluding hydrogens is 210 g/mol. The van der Waals surface area contributed by atoms with Crippen molar-refractivity contribution in [2.75, 3.05) is 0 Å². The van der Waals surface area contributed by atoms with Gasteiger partial charge in [0, 0.05) is 18.2 Å². The number of aromatic hydroxyl groups is 1. The molecule has 0 saturated carbocycles. The Labute approximate surface area is 95.6 Å². The third-order valence-corrected chi connectivity index (χ3v) is 2.54. The van der Waals surface area contributed by atoms with Crippen molar-refractivity contribution >= 4 is 11.6 Å². The minimum atomic E-state index is 0.164. The Balaban J connectivity index is 2.57. The molecule has 0 spiro atoms. The van der Waals surface area contributed by atoms with Crippen LogP contribution in [0.1, 0.15) is 18.9 Å². The molecular formula is C12H16ClNO. The monoisotopic (exact) mass is 225 g/mol. The lowest BCUT2D eigenvalue weighted by Gasteiger charge is -2.12. The summed E-state index contributed by atoms with van der Waals surface area (Å²) >= 11 is 5.80. The Hall–Kier alpha value is -0.990. The fraction of sp³-hybridized carbons (Fsp3) is 0.333. The van der Waals surface area contributed by atoms with E-state index in [9.17, 15) is 5.11 Å². The summed E-state index contributed by atoms with van der Waals surface area (Å²) in [5, 5.41) is 13.3. The van der Waals surface area contributed by atoms with Crippen molar-refractivity contribution in [3.05, 3.63) is 41.4 Å². The van der Waals surface area contributed by atoms with Gasteiger partial charge < -0.3 is 10.4 Å². The number of phenols is 1. The van der Waals surface area contributed by atoms with E-state index < -0.39 is 0 Å². The number of phenolic OH excluding ortho intramolecular Hbond substituents is 1. The zero-order chi connectivity index (χ0) is 11.3. The van der Waals surface area contributed by atoms with Crippen molar-refractivity contribution in [2.45, 2.75) is 25.9 Å². The maximum atomic E-state index is 9.65.